The molecule has 0 aliphatic carbocycles. The van der Waals surface area contributed by atoms with Gasteiger partial charge in [-0.3, -0.25) is 14.5 Å². The predicted molar refractivity (Wildman–Crippen MR) is 123 cm³/mol. The number of amides is 2. The highest BCUT2D eigenvalue weighted by Crippen LogP contribution is 2.31. The van der Waals surface area contributed by atoms with Crippen LogP contribution in [0, 0.1) is 11.7 Å². The molecule has 1 N–H and O–H groups in total. The fraction of sp³-hybridized carbons (Fsp3) is 0.318. The highest BCUT2D eigenvalue weighted by molar-refractivity contribution is 8.15. The number of carbonyl (C=O) groups is 2. The normalized spacial score (nSPS) is 18.0. The van der Waals surface area contributed by atoms with Crippen LogP contribution in [0.25, 0.3) is 0 Å². The number of carbonyl (C=O) groups excluding carboxylic acids is 2. The number of amidine groups is 1. The van der Waals surface area contributed by atoms with Crippen molar-refractivity contribution in [2.45, 2.75) is 31.1 Å². The van der Waals surface area contributed by atoms with E-state index in [0.717, 1.165) is 11.8 Å². The molecule has 1 saturated heterocycles. The van der Waals surface area contributed by atoms with E-state index < -0.39 is 22.5 Å². The third kappa shape index (κ3) is 7.40. The average molecular weight is 500 g/mol. The zero-order valence-electron chi connectivity index (χ0n) is 17.7. The number of hydrogen-bond donors (Lipinski definition) is 1. The Morgan fingerprint density at radius 2 is 1.88 bits per heavy atom. The third-order valence-corrected chi connectivity index (χ3v) is 5.65. The number of ether oxygens (including phenoxy) is 1. The lowest BCUT2D eigenvalue weighted by molar-refractivity contribution is -0.129. The first-order valence-corrected chi connectivity index (χ1v) is 11.2. The molecular formula is C22H21ClF3N3O3S. The molecule has 1 fully saturated rings. The lowest BCUT2D eigenvalue weighted by Crippen LogP contribution is -2.46. The molecule has 11 heteroatoms. The van der Waals surface area contributed by atoms with Gasteiger partial charge in [-0.15, -0.1) is 8.78 Å². The zero-order valence-corrected chi connectivity index (χ0v) is 19.3. The van der Waals surface area contributed by atoms with Gasteiger partial charge in [0.05, 0.1) is 5.69 Å². The van der Waals surface area contributed by atoms with E-state index in [2.05, 4.69) is 15.0 Å². The molecule has 2 aromatic rings. The summed E-state index contributed by atoms with van der Waals surface area (Å²) < 4.78 is 42.9. The first kappa shape index (κ1) is 24.9. The van der Waals surface area contributed by atoms with Crippen LogP contribution >= 0.6 is 23.4 Å². The molecule has 0 aromatic heterocycles. The second-order valence-electron chi connectivity index (χ2n) is 7.64. The maximum Gasteiger partial charge on any atom is 0.487 e. The average Bonchev–Trinajstić information content (AvgIpc) is 2.72. The zero-order chi connectivity index (χ0) is 24.2. The van der Waals surface area contributed by atoms with Crippen LogP contribution in [-0.4, -0.2) is 39.2 Å². The molecule has 0 saturated carbocycles. The highest BCUT2D eigenvalue weighted by atomic mass is 35.5. The van der Waals surface area contributed by atoms with Gasteiger partial charge in [-0.05, 0) is 54.4 Å². The van der Waals surface area contributed by atoms with Crippen molar-refractivity contribution in [3.63, 3.8) is 0 Å². The molecule has 1 aliphatic rings. The summed E-state index contributed by atoms with van der Waals surface area (Å²) >= 11 is 5.87. The number of nitrogens with zero attached hydrogens (tertiary/aromatic N) is 2. The molecule has 1 atom stereocenters. The number of benzene rings is 2. The van der Waals surface area contributed by atoms with Crippen molar-refractivity contribution in [2.24, 2.45) is 10.9 Å². The maximum absolute atomic E-state index is 13.2. The Balaban J connectivity index is 1.75. The van der Waals surface area contributed by atoms with E-state index in [9.17, 15) is 22.8 Å². The summed E-state index contributed by atoms with van der Waals surface area (Å²) in [7, 11) is 0. The standard InChI is InChI=1S/C22H21ClF3N3O3S/c1-13(2)12-29-19(30)11-18(33-21(29)28-16-5-3-14(24)4-6-16)20(31)27-15-7-9-17(10-8-15)32-22(23,25)26/h3-10,13,18H,11-12H2,1-2H3,(H,27,31)/t18-/m0/s1. The van der Waals surface area contributed by atoms with E-state index in [-0.39, 0.29) is 24.0 Å². The van der Waals surface area contributed by atoms with Gasteiger partial charge < -0.3 is 10.1 Å². The van der Waals surface area contributed by atoms with Gasteiger partial charge in [-0.2, -0.15) is 0 Å². The maximum atomic E-state index is 13.2. The number of alkyl halides is 3. The van der Waals surface area contributed by atoms with Gasteiger partial charge in [-0.1, -0.05) is 25.6 Å². The summed E-state index contributed by atoms with van der Waals surface area (Å²) in [6, 6.07) is 10.7. The number of rotatable bonds is 7. The van der Waals surface area contributed by atoms with Gasteiger partial charge >= 0.3 is 5.57 Å². The molecule has 2 amide bonds. The predicted octanol–water partition coefficient (Wildman–Crippen LogP) is 5.61. The number of anilines is 1. The Morgan fingerprint density at radius 1 is 1.24 bits per heavy atom. The van der Waals surface area contributed by atoms with E-state index in [0.29, 0.717) is 23.1 Å². The topological polar surface area (TPSA) is 71.0 Å². The van der Waals surface area contributed by atoms with Crippen LogP contribution in [-0.2, 0) is 9.59 Å². The van der Waals surface area contributed by atoms with E-state index in [1.54, 1.807) is 0 Å². The Bertz CT molecular complexity index is 1030. The molecule has 0 radical (unpaired) electrons. The van der Waals surface area contributed by atoms with Crippen molar-refractivity contribution in [1.29, 1.82) is 0 Å². The molecule has 0 spiro atoms. The van der Waals surface area contributed by atoms with E-state index in [1.807, 2.05) is 13.8 Å². The van der Waals surface area contributed by atoms with Crippen molar-refractivity contribution < 1.29 is 27.5 Å². The summed E-state index contributed by atoms with van der Waals surface area (Å²) in [5.41, 5.74) is -3.06. The van der Waals surface area contributed by atoms with Crippen LogP contribution in [0.3, 0.4) is 0 Å². The minimum Gasteiger partial charge on any atom is -0.420 e. The Hall–Kier alpha value is -2.72. The molecule has 33 heavy (non-hydrogen) atoms. The SMILES string of the molecule is CC(C)CN1C(=O)C[C@@H](C(=O)Nc2ccc(OC(F)(F)Cl)cc2)SC1=Nc1ccc(F)cc1. The molecule has 2 aromatic carbocycles. The van der Waals surface area contributed by atoms with Gasteiger partial charge in [0.15, 0.2) is 5.17 Å². The lowest BCUT2D eigenvalue weighted by Gasteiger charge is -2.32. The van der Waals surface area contributed by atoms with Crippen molar-refractivity contribution in [2.75, 3.05) is 11.9 Å². The van der Waals surface area contributed by atoms with Crippen LogP contribution in [0.1, 0.15) is 20.3 Å². The summed E-state index contributed by atoms with van der Waals surface area (Å²) in [6.45, 7) is 4.34. The van der Waals surface area contributed by atoms with Crippen LogP contribution in [0.5, 0.6) is 5.75 Å². The number of aliphatic imine (C=N–C) groups is 1. The largest absolute Gasteiger partial charge is 0.487 e. The minimum absolute atomic E-state index is 0.0364. The quantitative estimate of drug-likeness (QED) is 0.503. The van der Waals surface area contributed by atoms with Crippen LogP contribution in [0.4, 0.5) is 24.5 Å². The van der Waals surface area contributed by atoms with Crippen LogP contribution < -0.4 is 10.1 Å². The van der Waals surface area contributed by atoms with Crippen LogP contribution in [0.2, 0.25) is 0 Å². The Labute approximate surface area is 198 Å². The van der Waals surface area contributed by atoms with E-state index in [4.69, 9.17) is 11.6 Å². The summed E-state index contributed by atoms with van der Waals surface area (Å²) in [5.74, 6) is -1.11. The van der Waals surface area contributed by atoms with Crippen molar-refractivity contribution >= 4 is 51.7 Å². The molecule has 0 unspecified atom stereocenters. The first-order chi connectivity index (χ1) is 15.5. The van der Waals surface area contributed by atoms with Gasteiger partial charge in [0.25, 0.3) is 0 Å². The molecule has 6 nitrogen and oxygen atoms in total. The van der Waals surface area contributed by atoms with Gasteiger partial charge in [0, 0.05) is 30.3 Å². The van der Waals surface area contributed by atoms with Crippen LogP contribution in [0.15, 0.2) is 53.5 Å². The lowest BCUT2D eigenvalue weighted by atomic mass is 10.2. The molecule has 3 rings (SSSR count). The fourth-order valence-corrected chi connectivity index (χ4v) is 4.17. The third-order valence-electron chi connectivity index (χ3n) is 4.39. The molecule has 1 aliphatic heterocycles. The Kier molecular flexibility index (Phi) is 7.91. The van der Waals surface area contributed by atoms with Gasteiger partial charge in [-0.25, -0.2) is 9.38 Å². The molecule has 1 heterocycles. The smallest absolute Gasteiger partial charge is 0.420 e. The van der Waals surface area contributed by atoms with Crippen molar-refractivity contribution in [3.05, 3.63) is 54.3 Å². The second-order valence-corrected chi connectivity index (χ2v) is 9.25. The van der Waals surface area contributed by atoms with E-state index in [1.165, 1.54) is 53.4 Å². The van der Waals surface area contributed by atoms with Gasteiger partial charge in [0.1, 0.15) is 16.8 Å². The summed E-state index contributed by atoms with van der Waals surface area (Å²) in [4.78, 5) is 31.6. The number of thioether (sulfide) groups is 1. The highest BCUT2D eigenvalue weighted by Gasteiger charge is 2.36. The monoisotopic (exact) mass is 499 g/mol. The first-order valence-electron chi connectivity index (χ1n) is 9.98. The fourth-order valence-electron chi connectivity index (χ4n) is 2.97. The number of halogens is 4. The second kappa shape index (κ2) is 10.5. The van der Waals surface area contributed by atoms with Crippen molar-refractivity contribution in [3.8, 4) is 5.75 Å². The van der Waals surface area contributed by atoms with Crippen molar-refractivity contribution in [1.82, 2.24) is 4.90 Å². The van der Waals surface area contributed by atoms with Gasteiger partial charge in [0.2, 0.25) is 11.8 Å². The molecular weight excluding hydrogens is 479 g/mol. The molecule has 176 valence electrons. The van der Waals surface area contributed by atoms with E-state index >= 15 is 0 Å². The summed E-state index contributed by atoms with van der Waals surface area (Å²) in [6.07, 6.45) is -0.0364. The minimum atomic E-state index is -3.84. The Morgan fingerprint density at radius 3 is 2.45 bits per heavy atom. The number of hydrogen-bond acceptors (Lipinski definition) is 5. The molecule has 0 bridgehead atoms. The number of nitrogens with one attached hydrogen (secondary N) is 1. The summed E-state index contributed by atoms with van der Waals surface area (Å²) in [5, 5.41) is 2.24.